The molecule has 1 saturated heterocycles. The highest BCUT2D eigenvalue weighted by molar-refractivity contribution is 6.30. The van der Waals surface area contributed by atoms with E-state index < -0.39 is 0 Å². The normalized spacial score (nSPS) is 14.0. The Kier molecular flexibility index (Phi) is 7.36. The highest BCUT2D eigenvalue weighted by atomic mass is 35.5. The van der Waals surface area contributed by atoms with E-state index in [9.17, 15) is 4.79 Å². The predicted octanol–water partition coefficient (Wildman–Crippen LogP) is 4.18. The fourth-order valence-corrected chi connectivity index (χ4v) is 3.64. The van der Waals surface area contributed by atoms with Crippen molar-refractivity contribution in [3.8, 4) is 0 Å². The van der Waals surface area contributed by atoms with Crippen LogP contribution in [0.1, 0.15) is 24.0 Å². The molecule has 0 spiro atoms. The molecular weight excluding hydrogens is 386 g/mol. The van der Waals surface area contributed by atoms with Crippen LogP contribution in [0.4, 0.5) is 10.5 Å². The Balaban J connectivity index is 1.55. The Morgan fingerprint density at radius 1 is 1.14 bits per heavy atom. The molecule has 0 radical (unpaired) electrons. The number of carbonyl (C=O) groups is 1. The van der Waals surface area contributed by atoms with Crippen molar-refractivity contribution >= 4 is 29.3 Å². The monoisotopic (exact) mass is 413 g/mol. The molecule has 3 rings (SSSR count). The SMILES string of the molecule is CN=C(NCc1cccc(NC(=O)N2CCCC2)c1)N(C)Cc1cccc(Cl)c1. The summed E-state index contributed by atoms with van der Waals surface area (Å²) in [6, 6.07) is 15.7. The molecule has 0 bridgehead atoms. The van der Waals surface area contributed by atoms with E-state index in [2.05, 4.69) is 15.6 Å². The van der Waals surface area contributed by atoms with E-state index in [-0.39, 0.29) is 6.03 Å². The number of aliphatic imine (C=N–C) groups is 1. The summed E-state index contributed by atoms with van der Waals surface area (Å²) in [5.41, 5.74) is 3.00. The molecule has 29 heavy (non-hydrogen) atoms. The summed E-state index contributed by atoms with van der Waals surface area (Å²) in [7, 11) is 3.76. The number of nitrogens with zero attached hydrogens (tertiary/aromatic N) is 3. The molecule has 1 fully saturated rings. The molecular formula is C22H28ClN5O. The van der Waals surface area contributed by atoms with Crippen molar-refractivity contribution < 1.29 is 4.79 Å². The van der Waals surface area contributed by atoms with Gasteiger partial charge in [-0.25, -0.2) is 4.79 Å². The van der Waals surface area contributed by atoms with Gasteiger partial charge in [0.2, 0.25) is 0 Å². The number of urea groups is 1. The van der Waals surface area contributed by atoms with Crippen molar-refractivity contribution in [1.29, 1.82) is 0 Å². The number of hydrogen-bond acceptors (Lipinski definition) is 2. The Morgan fingerprint density at radius 2 is 1.86 bits per heavy atom. The van der Waals surface area contributed by atoms with Gasteiger partial charge in [-0.15, -0.1) is 0 Å². The number of likely N-dealkylation sites (tertiary alicyclic amines) is 1. The van der Waals surface area contributed by atoms with Crippen LogP contribution < -0.4 is 10.6 Å². The third-order valence-corrected chi connectivity index (χ3v) is 5.14. The first-order valence-electron chi connectivity index (χ1n) is 9.86. The molecule has 2 N–H and O–H groups in total. The van der Waals surface area contributed by atoms with Crippen LogP contribution in [0.15, 0.2) is 53.5 Å². The van der Waals surface area contributed by atoms with E-state index in [0.29, 0.717) is 13.1 Å². The van der Waals surface area contributed by atoms with Gasteiger partial charge in [0.15, 0.2) is 5.96 Å². The largest absolute Gasteiger partial charge is 0.352 e. The summed E-state index contributed by atoms with van der Waals surface area (Å²) in [5, 5.41) is 7.10. The first kappa shape index (κ1) is 21.0. The predicted molar refractivity (Wildman–Crippen MR) is 119 cm³/mol. The number of nitrogens with one attached hydrogen (secondary N) is 2. The standard InChI is InChI=1S/C22H28ClN5O/c1-24-21(27(2)16-18-8-5-9-19(23)13-18)25-15-17-7-6-10-20(14-17)26-22(29)28-11-3-4-12-28/h5-10,13-14H,3-4,11-12,15-16H2,1-2H3,(H,24,25)(H,26,29). The molecule has 1 heterocycles. The third-order valence-electron chi connectivity index (χ3n) is 4.90. The minimum absolute atomic E-state index is 0.0234. The maximum atomic E-state index is 12.3. The highest BCUT2D eigenvalue weighted by Gasteiger charge is 2.17. The summed E-state index contributed by atoms with van der Waals surface area (Å²) in [6.45, 7) is 2.98. The summed E-state index contributed by atoms with van der Waals surface area (Å²) in [5.74, 6) is 0.788. The first-order chi connectivity index (χ1) is 14.0. The van der Waals surface area contributed by atoms with Crippen LogP contribution in [0.5, 0.6) is 0 Å². The molecule has 1 aliphatic rings. The van der Waals surface area contributed by atoms with Crippen LogP contribution in [0.2, 0.25) is 5.02 Å². The Bertz CT molecular complexity index is 864. The molecule has 0 atom stereocenters. The number of rotatable bonds is 5. The second-order valence-electron chi connectivity index (χ2n) is 7.21. The number of guanidine groups is 1. The summed E-state index contributed by atoms with van der Waals surface area (Å²) in [6.07, 6.45) is 2.17. The van der Waals surface area contributed by atoms with Crippen LogP contribution in [-0.4, -0.2) is 49.0 Å². The number of amides is 2. The molecule has 2 amide bonds. The van der Waals surface area contributed by atoms with Gasteiger partial charge < -0.3 is 20.4 Å². The van der Waals surface area contributed by atoms with Crippen molar-refractivity contribution in [2.45, 2.75) is 25.9 Å². The molecule has 6 nitrogen and oxygen atoms in total. The number of carbonyl (C=O) groups excluding carboxylic acids is 1. The van der Waals surface area contributed by atoms with Crippen molar-refractivity contribution in [2.24, 2.45) is 4.99 Å². The van der Waals surface area contributed by atoms with E-state index in [1.807, 2.05) is 65.4 Å². The summed E-state index contributed by atoms with van der Waals surface area (Å²) in [4.78, 5) is 20.6. The number of halogens is 1. The minimum atomic E-state index is -0.0234. The molecule has 154 valence electrons. The summed E-state index contributed by atoms with van der Waals surface area (Å²) >= 11 is 6.08. The van der Waals surface area contributed by atoms with Gasteiger partial charge in [-0.05, 0) is 48.2 Å². The zero-order chi connectivity index (χ0) is 20.6. The Hall–Kier alpha value is -2.73. The lowest BCUT2D eigenvalue weighted by atomic mass is 10.2. The lowest BCUT2D eigenvalue weighted by Gasteiger charge is -2.22. The van der Waals surface area contributed by atoms with Gasteiger partial charge in [0, 0.05) is 51.0 Å². The smallest absolute Gasteiger partial charge is 0.321 e. The Labute approximate surface area is 177 Å². The third kappa shape index (κ3) is 6.12. The second-order valence-corrected chi connectivity index (χ2v) is 7.65. The molecule has 2 aromatic carbocycles. The van der Waals surface area contributed by atoms with Gasteiger partial charge in [-0.3, -0.25) is 4.99 Å². The second kappa shape index (κ2) is 10.2. The topological polar surface area (TPSA) is 60.0 Å². The first-order valence-corrected chi connectivity index (χ1v) is 10.2. The minimum Gasteiger partial charge on any atom is -0.352 e. The van der Waals surface area contributed by atoms with Crippen molar-refractivity contribution in [3.63, 3.8) is 0 Å². The van der Waals surface area contributed by atoms with E-state index in [1.165, 1.54) is 0 Å². The molecule has 0 unspecified atom stereocenters. The van der Waals surface area contributed by atoms with Crippen LogP contribution in [-0.2, 0) is 13.1 Å². The van der Waals surface area contributed by atoms with Crippen molar-refractivity contribution in [3.05, 3.63) is 64.7 Å². The lowest BCUT2D eigenvalue weighted by molar-refractivity contribution is 0.222. The molecule has 2 aromatic rings. The zero-order valence-electron chi connectivity index (χ0n) is 17.0. The fraction of sp³-hybridized carbons (Fsp3) is 0.364. The van der Waals surface area contributed by atoms with Crippen LogP contribution >= 0.6 is 11.6 Å². The van der Waals surface area contributed by atoms with Gasteiger partial charge in [0.25, 0.3) is 0 Å². The number of benzene rings is 2. The average Bonchev–Trinajstić information content (AvgIpc) is 3.24. The van der Waals surface area contributed by atoms with Gasteiger partial charge in [0.05, 0.1) is 0 Å². The molecule has 0 aliphatic carbocycles. The maximum absolute atomic E-state index is 12.3. The van der Waals surface area contributed by atoms with Gasteiger partial charge in [-0.1, -0.05) is 35.9 Å². The molecule has 1 aliphatic heterocycles. The van der Waals surface area contributed by atoms with Gasteiger partial charge in [0.1, 0.15) is 0 Å². The van der Waals surface area contributed by atoms with E-state index in [1.54, 1.807) is 7.05 Å². The Morgan fingerprint density at radius 3 is 2.59 bits per heavy atom. The maximum Gasteiger partial charge on any atom is 0.321 e. The average molecular weight is 414 g/mol. The van der Waals surface area contributed by atoms with Gasteiger partial charge >= 0.3 is 6.03 Å². The summed E-state index contributed by atoms with van der Waals surface area (Å²) < 4.78 is 0. The fourth-order valence-electron chi connectivity index (χ4n) is 3.43. The molecule has 0 saturated carbocycles. The van der Waals surface area contributed by atoms with Crippen LogP contribution in [0, 0.1) is 0 Å². The zero-order valence-corrected chi connectivity index (χ0v) is 17.7. The van der Waals surface area contributed by atoms with Crippen LogP contribution in [0.25, 0.3) is 0 Å². The molecule has 0 aromatic heterocycles. The van der Waals surface area contributed by atoms with Crippen molar-refractivity contribution in [2.75, 3.05) is 32.5 Å². The quantitative estimate of drug-likeness (QED) is 0.571. The van der Waals surface area contributed by atoms with E-state index in [4.69, 9.17) is 11.6 Å². The molecule has 7 heteroatoms. The number of anilines is 1. The van der Waals surface area contributed by atoms with E-state index >= 15 is 0 Å². The number of hydrogen-bond donors (Lipinski definition) is 2. The van der Waals surface area contributed by atoms with E-state index in [0.717, 1.165) is 53.7 Å². The highest BCUT2D eigenvalue weighted by Crippen LogP contribution is 2.15. The van der Waals surface area contributed by atoms with Crippen molar-refractivity contribution in [1.82, 2.24) is 15.1 Å². The van der Waals surface area contributed by atoms with Crippen LogP contribution in [0.3, 0.4) is 0 Å². The van der Waals surface area contributed by atoms with Gasteiger partial charge in [-0.2, -0.15) is 0 Å². The lowest BCUT2D eigenvalue weighted by Crippen LogP contribution is -2.38.